The molecule has 166 valence electrons. The fraction of sp³-hybridized carbons (Fsp3) is 0.500. The molecule has 31 heavy (non-hydrogen) atoms. The van der Waals surface area contributed by atoms with Crippen molar-refractivity contribution >= 4 is 5.97 Å². The van der Waals surface area contributed by atoms with Crippen LogP contribution in [-0.4, -0.2) is 5.97 Å². The van der Waals surface area contributed by atoms with Crippen molar-refractivity contribution in [2.45, 2.75) is 76.5 Å². The molecule has 4 rings (SSSR count). The first-order chi connectivity index (χ1) is 14.9. The number of rotatable bonds is 4. The predicted octanol–water partition coefficient (Wildman–Crippen LogP) is 7.34. The van der Waals surface area contributed by atoms with Crippen molar-refractivity contribution in [1.29, 1.82) is 0 Å². The summed E-state index contributed by atoms with van der Waals surface area (Å²) in [5.41, 5.74) is 1.43. The molecule has 2 aromatic carbocycles. The maximum absolute atomic E-state index is 14.9. The van der Waals surface area contributed by atoms with Gasteiger partial charge in [0.2, 0.25) is 0 Å². The highest BCUT2D eigenvalue weighted by molar-refractivity contribution is 5.75. The van der Waals surface area contributed by atoms with Crippen LogP contribution in [0, 0.1) is 30.3 Å². The lowest BCUT2D eigenvalue weighted by Crippen LogP contribution is -2.25. The van der Waals surface area contributed by atoms with Gasteiger partial charge in [-0.15, -0.1) is 0 Å². The van der Waals surface area contributed by atoms with Crippen LogP contribution in [0.4, 0.5) is 13.2 Å². The lowest BCUT2D eigenvalue weighted by Gasteiger charge is -2.29. The highest BCUT2D eigenvalue weighted by atomic mass is 19.2. The van der Waals surface area contributed by atoms with Gasteiger partial charge in [-0.3, -0.25) is 4.79 Å². The molecule has 2 fully saturated rings. The number of ether oxygens (including phenoxy) is 1. The zero-order chi connectivity index (χ0) is 22.0. The number of carbonyl (C=O) groups is 1. The molecule has 0 atom stereocenters. The Bertz CT molecular complexity index is 942. The molecule has 2 aromatic rings. The molecule has 2 aliphatic carbocycles. The van der Waals surface area contributed by atoms with Gasteiger partial charge < -0.3 is 4.74 Å². The third-order valence-corrected chi connectivity index (χ3v) is 7.05. The Morgan fingerprint density at radius 2 is 1.39 bits per heavy atom. The van der Waals surface area contributed by atoms with Crippen LogP contribution in [0.2, 0.25) is 0 Å². The number of hydrogen-bond donors (Lipinski definition) is 0. The summed E-state index contributed by atoms with van der Waals surface area (Å²) in [5.74, 6) is -2.30. The molecule has 0 spiro atoms. The molecular weight excluding hydrogens is 401 g/mol. The van der Waals surface area contributed by atoms with Gasteiger partial charge in [0.25, 0.3) is 0 Å². The average Bonchev–Trinajstić information content (AvgIpc) is 2.79. The SMILES string of the molecule is Cc1ccc(OC(=O)C2CCC(c3ccc(C4CCCCC4)c(F)c3F)CC2)cc1F. The van der Waals surface area contributed by atoms with Crippen LogP contribution in [0.15, 0.2) is 30.3 Å². The Kier molecular flexibility index (Phi) is 6.68. The summed E-state index contributed by atoms with van der Waals surface area (Å²) < 4.78 is 48.8. The third kappa shape index (κ3) is 4.81. The Morgan fingerprint density at radius 1 is 0.806 bits per heavy atom. The lowest BCUT2D eigenvalue weighted by molar-refractivity contribution is -0.140. The molecule has 5 heteroatoms. The van der Waals surface area contributed by atoms with Gasteiger partial charge in [0.1, 0.15) is 11.6 Å². The summed E-state index contributed by atoms with van der Waals surface area (Å²) in [6.45, 7) is 1.64. The van der Waals surface area contributed by atoms with Crippen LogP contribution in [0.1, 0.15) is 86.3 Å². The van der Waals surface area contributed by atoms with E-state index in [1.807, 2.05) is 0 Å². The molecule has 0 aliphatic heterocycles. The minimum atomic E-state index is -0.718. The molecule has 2 saturated carbocycles. The predicted molar refractivity (Wildman–Crippen MR) is 114 cm³/mol. The van der Waals surface area contributed by atoms with Crippen molar-refractivity contribution in [2.24, 2.45) is 5.92 Å². The van der Waals surface area contributed by atoms with Crippen LogP contribution in [0.25, 0.3) is 0 Å². The quantitative estimate of drug-likeness (QED) is 0.375. The second-order valence-electron chi connectivity index (χ2n) is 9.09. The van der Waals surface area contributed by atoms with Gasteiger partial charge in [-0.1, -0.05) is 37.5 Å². The van der Waals surface area contributed by atoms with Crippen molar-refractivity contribution in [1.82, 2.24) is 0 Å². The Morgan fingerprint density at radius 3 is 1.97 bits per heavy atom. The summed E-state index contributed by atoms with van der Waals surface area (Å²) in [6.07, 6.45) is 7.45. The summed E-state index contributed by atoms with van der Waals surface area (Å²) in [7, 11) is 0. The van der Waals surface area contributed by atoms with Gasteiger partial charge in [-0.25, -0.2) is 13.2 Å². The van der Waals surface area contributed by atoms with Crippen LogP contribution in [0.3, 0.4) is 0 Å². The smallest absolute Gasteiger partial charge is 0.314 e. The number of aryl methyl sites for hydroxylation is 1. The Hall–Kier alpha value is -2.30. The number of hydrogen-bond acceptors (Lipinski definition) is 2. The van der Waals surface area contributed by atoms with Crippen LogP contribution < -0.4 is 4.74 Å². The molecule has 0 amide bonds. The number of carbonyl (C=O) groups excluding carboxylic acids is 1. The van der Waals surface area contributed by atoms with E-state index in [9.17, 15) is 18.0 Å². The first-order valence-corrected chi connectivity index (χ1v) is 11.4. The second kappa shape index (κ2) is 9.46. The minimum Gasteiger partial charge on any atom is -0.426 e. The monoisotopic (exact) mass is 430 g/mol. The molecule has 0 unspecified atom stereocenters. The zero-order valence-electron chi connectivity index (χ0n) is 17.9. The van der Waals surface area contributed by atoms with E-state index in [0.29, 0.717) is 42.4 Å². The van der Waals surface area contributed by atoms with Crippen molar-refractivity contribution in [2.75, 3.05) is 0 Å². The second-order valence-corrected chi connectivity index (χ2v) is 9.09. The van der Waals surface area contributed by atoms with Crippen molar-refractivity contribution in [3.05, 3.63) is 64.5 Å². The summed E-state index contributed by atoms with van der Waals surface area (Å²) >= 11 is 0. The van der Waals surface area contributed by atoms with Crippen molar-refractivity contribution in [3.63, 3.8) is 0 Å². The standard InChI is InChI=1S/C26H29F3O2/c1-16-7-12-20(15-23(16)27)31-26(30)19-10-8-18(9-11-19)22-14-13-21(24(28)25(22)29)17-5-3-2-4-6-17/h7,12-15,17-19H,2-6,8-11H2,1H3. The highest BCUT2D eigenvalue weighted by Gasteiger charge is 2.31. The fourth-order valence-electron chi connectivity index (χ4n) is 5.10. The van der Waals surface area contributed by atoms with E-state index in [4.69, 9.17) is 4.74 Å². The topological polar surface area (TPSA) is 26.3 Å². The maximum atomic E-state index is 14.9. The average molecular weight is 431 g/mol. The summed E-state index contributed by atoms with van der Waals surface area (Å²) in [4.78, 5) is 12.5. The van der Waals surface area contributed by atoms with E-state index < -0.39 is 17.5 Å². The number of esters is 1. The molecular formula is C26H29F3O2. The summed E-state index contributed by atoms with van der Waals surface area (Å²) in [5, 5.41) is 0. The van der Waals surface area contributed by atoms with Gasteiger partial charge in [-0.05, 0) is 80.0 Å². The number of halogens is 3. The Balaban J connectivity index is 1.38. The molecule has 0 bridgehead atoms. The van der Waals surface area contributed by atoms with Gasteiger partial charge in [0.05, 0.1) is 5.92 Å². The van der Waals surface area contributed by atoms with E-state index in [2.05, 4.69) is 0 Å². The zero-order valence-corrected chi connectivity index (χ0v) is 17.9. The lowest BCUT2D eigenvalue weighted by atomic mass is 9.77. The van der Waals surface area contributed by atoms with Crippen molar-refractivity contribution < 1.29 is 22.7 Å². The van der Waals surface area contributed by atoms with E-state index >= 15 is 0 Å². The first-order valence-electron chi connectivity index (χ1n) is 11.4. The van der Waals surface area contributed by atoms with Gasteiger partial charge in [0, 0.05) is 6.07 Å². The minimum absolute atomic E-state index is 0.101. The van der Waals surface area contributed by atoms with Crippen LogP contribution in [-0.2, 0) is 4.79 Å². The van der Waals surface area contributed by atoms with Crippen molar-refractivity contribution in [3.8, 4) is 5.75 Å². The van der Waals surface area contributed by atoms with Gasteiger partial charge in [-0.2, -0.15) is 0 Å². The molecule has 0 radical (unpaired) electrons. The molecule has 0 aromatic heterocycles. The van der Waals surface area contributed by atoms with Gasteiger partial charge >= 0.3 is 5.97 Å². The fourth-order valence-corrected chi connectivity index (χ4v) is 5.10. The largest absolute Gasteiger partial charge is 0.426 e. The van der Waals surface area contributed by atoms with E-state index in [0.717, 1.165) is 25.7 Å². The third-order valence-electron chi connectivity index (χ3n) is 7.05. The van der Waals surface area contributed by atoms with E-state index in [1.165, 1.54) is 12.5 Å². The highest BCUT2D eigenvalue weighted by Crippen LogP contribution is 2.40. The molecule has 2 aliphatic rings. The maximum Gasteiger partial charge on any atom is 0.314 e. The number of benzene rings is 2. The van der Waals surface area contributed by atoms with E-state index in [1.54, 1.807) is 31.2 Å². The van der Waals surface area contributed by atoms with Crippen LogP contribution in [0.5, 0.6) is 5.75 Å². The molecule has 0 saturated heterocycles. The molecule has 0 N–H and O–H groups in total. The first kappa shape index (κ1) is 21.9. The van der Waals surface area contributed by atoms with Crippen LogP contribution >= 0.6 is 0 Å². The van der Waals surface area contributed by atoms with Gasteiger partial charge in [0.15, 0.2) is 11.6 Å². The summed E-state index contributed by atoms with van der Waals surface area (Å²) in [6, 6.07) is 7.89. The normalized spacial score (nSPS) is 22.3. The molecule has 0 heterocycles. The Labute approximate surface area is 181 Å². The molecule has 2 nitrogen and oxygen atoms in total. The van der Waals surface area contributed by atoms with E-state index in [-0.39, 0.29) is 29.5 Å².